The zero-order chi connectivity index (χ0) is 17.2. The molecular formula is C19H16N2O3. The van der Waals surface area contributed by atoms with Gasteiger partial charge in [0.05, 0.1) is 5.69 Å². The summed E-state index contributed by atoms with van der Waals surface area (Å²) in [6.07, 6.45) is 0. The molecule has 0 fully saturated rings. The monoisotopic (exact) mass is 320 g/mol. The number of carbonyl (C=O) groups excluding carboxylic acids is 2. The van der Waals surface area contributed by atoms with Crippen LogP contribution in [-0.4, -0.2) is 24.0 Å². The molecule has 2 amide bonds. The number of likely N-dealkylation sites (N-methyl/N-ethyl adjacent to an activating group) is 1. The van der Waals surface area contributed by atoms with E-state index >= 15 is 0 Å². The lowest BCUT2D eigenvalue weighted by molar-refractivity contribution is -0.130. The Balaban J connectivity index is 1.77. The molecule has 2 aromatic rings. The molecule has 1 aliphatic heterocycles. The Hall–Kier alpha value is -3.10. The first-order chi connectivity index (χ1) is 11.5. The molecule has 5 nitrogen and oxygen atoms in total. The van der Waals surface area contributed by atoms with Crippen LogP contribution in [0.5, 0.6) is 0 Å². The maximum absolute atomic E-state index is 12.3. The molecule has 1 unspecified atom stereocenters. The van der Waals surface area contributed by atoms with Gasteiger partial charge in [-0.05, 0) is 23.5 Å². The molecule has 1 atom stereocenters. The van der Waals surface area contributed by atoms with Gasteiger partial charge in [0, 0.05) is 19.2 Å². The van der Waals surface area contributed by atoms with Crippen molar-refractivity contribution >= 4 is 17.5 Å². The number of benzene rings is 2. The Labute approximate surface area is 139 Å². The van der Waals surface area contributed by atoms with Gasteiger partial charge in [-0.1, -0.05) is 48.5 Å². The van der Waals surface area contributed by atoms with Crippen LogP contribution in [0.2, 0.25) is 0 Å². The molecule has 3 rings (SSSR count). The number of fused-ring (bicyclic) bond motifs is 1. The van der Waals surface area contributed by atoms with E-state index < -0.39 is 17.4 Å². The second-order valence-electron chi connectivity index (χ2n) is 5.51. The number of aliphatic hydroxyl groups is 1. The lowest BCUT2D eigenvalue weighted by atomic mass is 9.96. The average Bonchev–Trinajstić information content (AvgIpc) is 2.82. The number of hydrogen-bond donors (Lipinski definition) is 2. The van der Waals surface area contributed by atoms with E-state index in [4.69, 9.17) is 0 Å². The minimum atomic E-state index is -1.99. The zero-order valence-electron chi connectivity index (χ0n) is 13.1. The highest BCUT2D eigenvalue weighted by Crippen LogP contribution is 2.38. The normalized spacial score (nSPS) is 18.6. The maximum atomic E-state index is 12.3. The van der Waals surface area contributed by atoms with Crippen LogP contribution in [-0.2, 0) is 21.7 Å². The molecule has 5 heteroatoms. The zero-order valence-corrected chi connectivity index (χ0v) is 13.1. The second kappa shape index (κ2) is 6.19. The summed E-state index contributed by atoms with van der Waals surface area (Å²) in [4.78, 5) is 25.6. The summed E-state index contributed by atoms with van der Waals surface area (Å²) in [6.45, 7) is 0.331. The van der Waals surface area contributed by atoms with Crippen molar-refractivity contribution in [3.05, 3.63) is 65.7 Å². The number of carbonyl (C=O) groups is 2. The van der Waals surface area contributed by atoms with E-state index in [-0.39, 0.29) is 0 Å². The first-order valence-electron chi connectivity index (χ1n) is 7.47. The summed E-state index contributed by atoms with van der Waals surface area (Å²) in [7, 11) is 1.57. The number of para-hydroxylation sites is 1. The Morgan fingerprint density at radius 2 is 1.83 bits per heavy atom. The van der Waals surface area contributed by atoms with E-state index in [0.717, 1.165) is 5.56 Å². The SMILES string of the molecule is CN1C(=O)C(O)(C#CC(=O)NCc2ccccc2)c2ccccc21. The fraction of sp³-hybridized carbons (Fsp3) is 0.158. The number of nitrogens with zero attached hydrogens (tertiary/aromatic N) is 1. The highest BCUT2D eigenvalue weighted by molar-refractivity contribution is 6.09. The van der Waals surface area contributed by atoms with Gasteiger partial charge >= 0.3 is 0 Å². The Kier molecular flexibility index (Phi) is 4.07. The van der Waals surface area contributed by atoms with Crippen LogP contribution in [0.1, 0.15) is 11.1 Å². The molecule has 0 radical (unpaired) electrons. The van der Waals surface area contributed by atoms with Gasteiger partial charge in [-0.2, -0.15) is 0 Å². The smallest absolute Gasteiger partial charge is 0.296 e. The molecule has 1 aliphatic rings. The molecule has 0 bridgehead atoms. The van der Waals surface area contributed by atoms with Crippen LogP contribution < -0.4 is 10.2 Å². The maximum Gasteiger partial charge on any atom is 0.296 e. The van der Waals surface area contributed by atoms with E-state index in [1.807, 2.05) is 30.3 Å². The molecule has 2 N–H and O–H groups in total. The number of amides is 2. The van der Waals surface area contributed by atoms with Gasteiger partial charge in [0.15, 0.2) is 0 Å². The van der Waals surface area contributed by atoms with E-state index in [0.29, 0.717) is 17.8 Å². The third kappa shape index (κ3) is 2.75. The van der Waals surface area contributed by atoms with E-state index in [1.165, 1.54) is 4.90 Å². The van der Waals surface area contributed by atoms with Gasteiger partial charge in [-0.25, -0.2) is 0 Å². The van der Waals surface area contributed by atoms with Crippen molar-refractivity contribution in [3.8, 4) is 11.8 Å². The fourth-order valence-corrected chi connectivity index (χ4v) is 2.63. The van der Waals surface area contributed by atoms with Crippen molar-refractivity contribution in [2.75, 3.05) is 11.9 Å². The van der Waals surface area contributed by atoms with Crippen LogP contribution in [0.15, 0.2) is 54.6 Å². The van der Waals surface area contributed by atoms with Crippen LogP contribution in [0, 0.1) is 11.8 Å². The standard InChI is InChI=1S/C19H16N2O3/c1-21-16-10-6-5-9-15(16)19(24,18(21)23)12-11-17(22)20-13-14-7-3-2-4-8-14/h2-10,24H,13H2,1H3,(H,20,22). The predicted octanol–water partition coefficient (Wildman–Crippen LogP) is 1.17. The molecule has 0 saturated heterocycles. The van der Waals surface area contributed by atoms with Crippen molar-refractivity contribution in [1.29, 1.82) is 0 Å². The molecule has 1 heterocycles. The second-order valence-corrected chi connectivity index (χ2v) is 5.51. The highest BCUT2D eigenvalue weighted by atomic mass is 16.3. The summed E-state index contributed by atoms with van der Waals surface area (Å²) in [5.41, 5.74) is -0.0756. The molecule has 0 saturated carbocycles. The first kappa shape index (κ1) is 15.8. The van der Waals surface area contributed by atoms with E-state index in [9.17, 15) is 14.7 Å². The Morgan fingerprint density at radius 3 is 2.58 bits per heavy atom. The topological polar surface area (TPSA) is 69.6 Å². The molecule has 0 aliphatic carbocycles. The molecule has 24 heavy (non-hydrogen) atoms. The quantitative estimate of drug-likeness (QED) is 0.816. The number of rotatable bonds is 2. The summed E-state index contributed by atoms with van der Waals surface area (Å²) in [6, 6.07) is 16.2. The Morgan fingerprint density at radius 1 is 1.17 bits per heavy atom. The van der Waals surface area contributed by atoms with Gasteiger partial charge < -0.3 is 15.3 Å². The minimum Gasteiger partial charge on any atom is -0.366 e. The summed E-state index contributed by atoms with van der Waals surface area (Å²) >= 11 is 0. The summed E-state index contributed by atoms with van der Waals surface area (Å²) in [5, 5.41) is 13.3. The number of nitrogens with one attached hydrogen (secondary N) is 1. The molecular weight excluding hydrogens is 304 g/mol. The third-order valence-corrected chi connectivity index (χ3v) is 3.92. The van der Waals surface area contributed by atoms with Crippen LogP contribution >= 0.6 is 0 Å². The van der Waals surface area contributed by atoms with Gasteiger partial charge in [0.25, 0.3) is 11.8 Å². The fourth-order valence-electron chi connectivity index (χ4n) is 2.63. The van der Waals surface area contributed by atoms with Gasteiger partial charge in [0.1, 0.15) is 0 Å². The van der Waals surface area contributed by atoms with Crippen molar-refractivity contribution in [2.45, 2.75) is 12.1 Å². The van der Waals surface area contributed by atoms with E-state index in [2.05, 4.69) is 17.2 Å². The van der Waals surface area contributed by atoms with Gasteiger partial charge in [-0.15, -0.1) is 0 Å². The predicted molar refractivity (Wildman–Crippen MR) is 89.8 cm³/mol. The number of anilines is 1. The lowest BCUT2D eigenvalue weighted by Crippen LogP contribution is -2.37. The average molecular weight is 320 g/mol. The van der Waals surface area contributed by atoms with Crippen LogP contribution in [0.25, 0.3) is 0 Å². The minimum absolute atomic E-state index is 0.331. The van der Waals surface area contributed by atoms with Crippen molar-refractivity contribution in [1.82, 2.24) is 5.32 Å². The summed E-state index contributed by atoms with van der Waals surface area (Å²) in [5.74, 6) is 3.65. The first-order valence-corrected chi connectivity index (χ1v) is 7.47. The molecule has 2 aromatic carbocycles. The van der Waals surface area contributed by atoms with Crippen molar-refractivity contribution in [3.63, 3.8) is 0 Å². The van der Waals surface area contributed by atoms with Crippen molar-refractivity contribution < 1.29 is 14.7 Å². The lowest BCUT2D eigenvalue weighted by Gasteiger charge is -2.14. The Bertz CT molecular complexity index is 852. The van der Waals surface area contributed by atoms with Gasteiger partial charge in [-0.3, -0.25) is 9.59 Å². The van der Waals surface area contributed by atoms with Crippen LogP contribution in [0.4, 0.5) is 5.69 Å². The highest BCUT2D eigenvalue weighted by Gasteiger charge is 2.47. The molecule has 0 spiro atoms. The number of hydrogen-bond acceptors (Lipinski definition) is 3. The molecule has 0 aromatic heterocycles. The van der Waals surface area contributed by atoms with E-state index in [1.54, 1.807) is 31.3 Å². The third-order valence-electron chi connectivity index (χ3n) is 3.92. The molecule has 120 valence electrons. The summed E-state index contributed by atoms with van der Waals surface area (Å²) < 4.78 is 0. The van der Waals surface area contributed by atoms with Gasteiger partial charge in [0.2, 0.25) is 5.60 Å². The largest absolute Gasteiger partial charge is 0.366 e. The van der Waals surface area contributed by atoms with Crippen LogP contribution in [0.3, 0.4) is 0 Å². The van der Waals surface area contributed by atoms with Crippen molar-refractivity contribution in [2.24, 2.45) is 0 Å².